The molecule has 1 heterocycles. The zero-order chi connectivity index (χ0) is 10.0. The predicted molar refractivity (Wildman–Crippen MR) is 53.9 cm³/mol. The van der Waals surface area contributed by atoms with Gasteiger partial charge in [0.2, 0.25) is 0 Å². The van der Waals surface area contributed by atoms with Gasteiger partial charge in [-0.05, 0) is 27.6 Å². The largest absolute Gasteiger partial charge is 0.397 e. The molecule has 0 spiro atoms. The summed E-state index contributed by atoms with van der Waals surface area (Å²) in [6.45, 7) is 0. The van der Waals surface area contributed by atoms with Gasteiger partial charge in [-0.2, -0.15) is 0 Å². The maximum absolute atomic E-state index is 12.3. The summed E-state index contributed by atoms with van der Waals surface area (Å²) in [5.41, 5.74) is 5.76. The maximum Gasteiger partial charge on any atom is 0.282 e. The van der Waals surface area contributed by atoms with Gasteiger partial charge < -0.3 is 5.73 Å². The minimum Gasteiger partial charge on any atom is -0.397 e. The average Bonchev–Trinajstić information content (AvgIpc) is 2.08. The molecule has 0 radical (unpaired) electrons. The van der Waals surface area contributed by atoms with Gasteiger partial charge in [-0.25, -0.2) is 13.8 Å². The number of hydrogen-bond acceptors (Lipinski definition) is 2. The summed E-state index contributed by atoms with van der Waals surface area (Å²) in [5.74, 6) is 0. The molecular weight excluding hydrogens is 310 g/mol. The number of nitrogen functional groups attached to an aromatic ring is 1. The number of aromatic nitrogens is 1. The molecule has 0 aliphatic heterocycles. The third-order valence-electron chi connectivity index (χ3n) is 1.49. The van der Waals surface area contributed by atoms with Crippen molar-refractivity contribution in [2.24, 2.45) is 0 Å². The number of halogens is 4. The van der Waals surface area contributed by atoms with Crippen LogP contribution >= 0.6 is 31.9 Å². The maximum atomic E-state index is 12.3. The van der Waals surface area contributed by atoms with Crippen molar-refractivity contribution in [2.45, 2.75) is 11.8 Å². The monoisotopic (exact) mass is 314 g/mol. The van der Waals surface area contributed by atoms with Crippen molar-refractivity contribution in [1.29, 1.82) is 0 Å². The molecule has 1 aromatic rings. The van der Waals surface area contributed by atoms with Crippen LogP contribution in [0.3, 0.4) is 0 Å². The molecule has 1 rings (SSSR count). The van der Waals surface area contributed by atoms with E-state index in [2.05, 4.69) is 36.8 Å². The first-order chi connectivity index (χ1) is 6.06. The molecule has 0 saturated heterocycles. The number of pyridine rings is 1. The minimum absolute atomic E-state index is 0.0510. The fourth-order valence-corrected chi connectivity index (χ4v) is 1.80. The zero-order valence-corrected chi connectivity index (χ0v) is 9.57. The highest BCUT2D eigenvalue weighted by atomic mass is 79.9. The van der Waals surface area contributed by atoms with Crippen molar-refractivity contribution in [3.05, 3.63) is 21.9 Å². The molecule has 0 aromatic carbocycles. The normalized spacial score (nSPS) is 10.8. The van der Waals surface area contributed by atoms with Crippen LogP contribution in [0.5, 0.6) is 0 Å². The molecule has 6 heteroatoms. The number of anilines is 1. The van der Waals surface area contributed by atoms with Gasteiger partial charge in [-0.3, -0.25) is 0 Å². The van der Waals surface area contributed by atoms with E-state index < -0.39 is 6.43 Å². The number of hydrogen-bond donors (Lipinski definition) is 1. The van der Waals surface area contributed by atoms with Gasteiger partial charge in [0, 0.05) is 5.33 Å². The van der Waals surface area contributed by atoms with Crippen molar-refractivity contribution in [3.8, 4) is 0 Å². The third kappa shape index (κ3) is 2.37. The van der Waals surface area contributed by atoms with E-state index in [9.17, 15) is 8.78 Å². The van der Waals surface area contributed by atoms with Gasteiger partial charge in [0.25, 0.3) is 6.43 Å². The van der Waals surface area contributed by atoms with E-state index in [0.717, 1.165) is 0 Å². The number of rotatable bonds is 2. The van der Waals surface area contributed by atoms with Crippen LogP contribution in [0.15, 0.2) is 10.7 Å². The number of alkyl halides is 3. The first kappa shape index (κ1) is 10.8. The van der Waals surface area contributed by atoms with Gasteiger partial charge in [0.15, 0.2) is 0 Å². The van der Waals surface area contributed by atoms with Crippen molar-refractivity contribution in [2.75, 3.05) is 5.73 Å². The highest BCUT2D eigenvalue weighted by Gasteiger charge is 2.16. The summed E-state index contributed by atoms with van der Waals surface area (Å²) in [7, 11) is 0. The van der Waals surface area contributed by atoms with Crippen LogP contribution in [0.2, 0.25) is 0 Å². The Bertz CT molecular complexity index is 318. The second-order valence-electron chi connectivity index (χ2n) is 2.34. The third-order valence-corrected chi connectivity index (χ3v) is 2.50. The molecule has 2 N–H and O–H groups in total. The molecule has 0 fully saturated rings. The van der Waals surface area contributed by atoms with E-state index in [1.807, 2.05) is 0 Å². The quantitative estimate of drug-likeness (QED) is 0.672. The van der Waals surface area contributed by atoms with Crippen molar-refractivity contribution < 1.29 is 8.78 Å². The molecule has 0 saturated carbocycles. The van der Waals surface area contributed by atoms with Crippen molar-refractivity contribution in [1.82, 2.24) is 4.98 Å². The molecule has 13 heavy (non-hydrogen) atoms. The molecule has 1 aromatic heterocycles. The van der Waals surface area contributed by atoms with Crippen LogP contribution in [0.25, 0.3) is 0 Å². The fraction of sp³-hybridized carbons (Fsp3) is 0.286. The SMILES string of the molecule is Nc1c(CBr)cc(Br)nc1C(F)F. The lowest BCUT2D eigenvalue weighted by Crippen LogP contribution is -2.02. The predicted octanol–water partition coefficient (Wildman–Crippen LogP) is 3.26. The first-order valence-electron chi connectivity index (χ1n) is 3.35. The fourth-order valence-electron chi connectivity index (χ4n) is 0.870. The molecule has 72 valence electrons. The van der Waals surface area contributed by atoms with E-state index in [4.69, 9.17) is 5.73 Å². The Balaban J connectivity index is 3.27. The Hall–Kier alpha value is -0.230. The van der Waals surface area contributed by atoms with E-state index in [-0.39, 0.29) is 11.4 Å². The van der Waals surface area contributed by atoms with Crippen LogP contribution < -0.4 is 5.73 Å². The van der Waals surface area contributed by atoms with Gasteiger partial charge in [-0.1, -0.05) is 15.9 Å². The summed E-state index contributed by atoms with van der Waals surface area (Å²) in [4.78, 5) is 3.60. The summed E-state index contributed by atoms with van der Waals surface area (Å²) in [5, 5.41) is 0.430. The molecule has 0 amide bonds. The minimum atomic E-state index is -2.64. The van der Waals surface area contributed by atoms with E-state index in [1.54, 1.807) is 6.07 Å². The van der Waals surface area contributed by atoms with Crippen LogP contribution in [0.1, 0.15) is 17.7 Å². The first-order valence-corrected chi connectivity index (χ1v) is 5.26. The van der Waals surface area contributed by atoms with Crippen LogP contribution in [0.4, 0.5) is 14.5 Å². The Kier molecular flexibility index (Phi) is 3.61. The molecule has 0 aliphatic rings. The topological polar surface area (TPSA) is 38.9 Å². The number of nitrogens with zero attached hydrogens (tertiary/aromatic N) is 1. The highest BCUT2D eigenvalue weighted by molar-refractivity contribution is 9.10. The van der Waals surface area contributed by atoms with Gasteiger partial charge >= 0.3 is 0 Å². The van der Waals surface area contributed by atoms with Crippen molar-refractivity contribution in [3.63, 3.8) is 0 Å². The highest BCUT2D eigenvalue weighted by Crippen LogP contribution is 2.29. The Morgan fingerprint density at radius 1 is 1.54 bits per heavy atom. The lowest BCUT2D eigenvalue weighted by atomic mass is 10.2. The number of nitrogens with two attached hydrogens (primary N) is 1. The summed E-state index contributed by atoms with van der Waals surface area (Å²) >= 11 is 6.19. The second-order valence-corrected chi connectivity index (χ2v) is 3.71. The molecule has 2 nitrogen and oxygen atoms in total. The lowest BCUT2D eigenvalue weighted by molar-refractivity contribution is 0.147. The van der Waals surface area contributed by atoms with E-state index in [0.29, 0.717) is 15.5 Å². The van der Waals surface area contributed by atoms with E-state index >= 15 is 0 Å². The standard InChI is InChI=1S/C7H6Br2F2N2/c8-2-3-1-4(9)13-6(5(3)12)7(10)11/h1,7H,2,12H2. The van der Waals surface area contributed by atoms with Crippen LogP contribution in [-0.2, 0) is 5.33 Å². The summed E-state index contributed by atoms with van der Waals surface area (Å²) in [6, 6.07) is 1.61. The van der Waals surface area contributed by atoms with Crippen LogP contribution in [-0.4, -0.2) is 4.98 Å². The summed E-state index contributed by atoms with van der Waals surface area (Å²) in [6.07, 6.45) is -2.64. The molecular formula is C7H6Br2F2N2. The molecule has 0 bridgehead atoms. The van der Waals surface area contributed by atoms with Gasteiger partial charge in [0.1, 0.15) is 10.3 Å². The Morgan fingerprint density at radius 2 is 2.15 bits per heavy atom. The Labute approximate surface area is 90.8 Å². The molecule has 0 unspecified atom stereocenters. The molecule has 0 aliphatic carbocycles. The van der Waals surface area contributed by atoms with Gasteiger partial charge in [-0.15, -0.1) is 0 Å². The van der Waals surface area contributed by atoms with Gasteiger partial charge in [0.05, 0.1) is 5.69 Å². The lowest BCUT2D eigenvalue weighted by Gasteiger charge is -2.08. The second kappa shape index (κ2) is 4.32. The van der Waals surface area contributed by atoms with Crippen LogP contribution in [0, 0.1) is 0 Å². The Morgan fingerprint density at radius 3 is 2.62 bits per heavy atom. The smallest absolute Gasteiger partial charge is 0.282 e. The zero-order valence-electron chi connectivity index (χ0n) is 6.40. The average molecular weight is 316 g/mol. The van der Waals surface area contributed by atoms with Crippen molar-refractivity contribution >= 4 is 37.5 Å². The summed E-state index contributed by atoms with van der Waals surface area (Å²) < 4.78 is 25.1. The van der Waals surface area contributed by atoms with E-state index in [1.165, 1.54) is 0 Å². The molecule has 0 atom stereocenters.